The van der Waals surface area contributed by atoms with Crippen LogP contribution in [0, 0.1) is 11.8 Å². The highest BCUT2D eigenvalue weighted by Gasteiger charge is 2.22. The van der Waals surface area contributed by atoms with Crippen molar-refractivity contribution >= 4 is 0 Å². The molecule has 1 N–H and O–H groups in total. The van der Waals surface area contributed by atoms with Gasteiger partial charge in [0.1, 0.15) is 6.17 Å². The summed E-state index contributed by atoms with van der Waals surface area (Å²) in [6.45, 7) is 5.87. The summed E-state index contributed by atoms with van der Waals surface area (Å²) in [6.07, 6.45) is 0.145. The molecule has 0 unspecified atom stereocenters. The van der Waals surface area contributed by atoms with Crippen molar-refractivity contribution in [2.24, 2.45) is 11.8 Å². The Morgan fingerprint density at radius 2 is 2.10 bits per heavy atom. The first kappa shape index (κ1) is 7.99. The van der Waals surface area contributed by atoms with E-state index in [2.05, 4.69) is 19.2 Å². The van der Waals surface area contributed by atoms with Gasteiger partial charge in [-0.3, -0.25) is 0 Å². The number of hydrogen-bond donors (Lipinski definition) is 1. The highest BCUT2D eigenvalue weighted by atomic mass is 19.1. The molecule has 1 saturated heterocycles. The van der Waals surface area contributed by atoms with E-state index >= 15 is 0 Å². The Hall–Kier alpha value is -0.110. The molecule has 2 atom stereocenters. The third-order valence-corrected chi connectivity index (χ3v) is 2.27. The molecule has 1 nitrogen and oxygen atoms in total. The second-order valence-electron chi connectivity index (χ2n) is 3.50. The van der Waals surface area contributed by atoms with Crippen LogP contribution in [0.15, 0.2) is 0 Å². The van der Waals surface area contributed by atoms with Gasteiger partial charge in [-0.2, -0.15) is 0 Å². The Morgan fingerprint density at radius 1 is 1.40 bits per heavy atom. The van der Waals surface area contributed by atoms with Crippen LogP contribution in [0.25, 0.3) is 0 Å². The summed E-state index contributed by atoms with van der Waals surface area (Å²) in [5.74, 6) is 1.16. The Labute approximate surface area is 62.0 Å². The molecule has 0 aromatic heterocycles. The maximum absolute atomic E-state index is 12.7. The molecular weight excluding hydrogens is 129 g/mol. The van der Waals surface area contributed by atoms with Gasteiger partial charge in [0.05, 0.1) is 0 Å². The van der Waals surface area contributed by atoms with Gasteiger partial charge < -0.3 is 5.32 Å². The van der Waals surface area contributed by atoms with E-state index in [9.17, 15) is 4.39 Å². The van der Waals surface area contributed by atoms with Crippen LogP contribution in [0.3, 0.4) is 0 Å². The SMILES string of the molecule is CC(C)[C@@H]1CNC[C@@H](F)C1. The van der Waals surface area contributed by atoms with Gasteiger partial charge in [-0.25, -0.2) is 4.39 Å². The number of alkyl halides is 1. The highest BCUT2D eigenvalue weighted by Crippen LogP contribution is 2.20. The van der Waals surface area contributed by atoms with Crippen LogP contribution in [-0.2, 0) is 0 Å². The molecule has 0 radical (unpaired) electrons. The fraction of sp³-hybridized carbons (Fsp3) is 1.00. The average molecular weight is 145 g/mol. The van der Waals surface area contributed by atoms with Crippen molar-refractivity contribution in [2.75, 3.05) is 13.1 Å². The van der Waals surface area contributed by atoms with E-state index in [1.54, 1.807) is 0 Å². The number of halogens is 1. The molecule has 0 amide bonds. The monoisotopic (exact) mass is 145 g/mol. The minimum absolute atomic E-state index is 0.545. The molecule has 0 spiro atoms. The predicted molar refractivity (Wildman–Crippen MR) is 40.7 cm³/mol. The van der Waals surface area contributed by atoms with Gasteiger partial charge in [0.15, 0.2) is 0 Å². The van der Waals surface area contributed by atoms with Crippen molar-refractivity contribution in [3.63, 3.8) is 0 Å². The lowest BCUT2D eigenvalue weighted by Crippen LogP contribution is -2.39. The van der Waals surface area contributed by atoms with Crippen molar-refractivity contribution in [1.82, 2.24) is 5.32 Å². The normalized spacial score (nSPS) is 34.8. The second-order valence-corrected chi connectivity index (χ2v) is 3.50. The van der Waals surface area contributed by atoms with Gasteiger partial charge in [-0.05, 0) is 24.8 Å². The Morgan fingerprint density at radius 3 is 2.50 bits per heavy atom. The van der Waals surface area contributed by atoms with Crippen LogP contribution in [0.4, 0.5) is 4.39 Å². The van der Waals surface area contributed by atoms with Crippen LogP contribution in [0.1, 0.15) is 20.3 Å². The summed E-state index contributed by atoms with van der Waals surface area (Å²) in [5.41, 5.74) is 0. The van der Waals surface area contributed by atoms with E-state index in [-0.39, 0.29) is 0 Å². The highest BCUT2D eigenvalue weighted by molar-refractivity contribution is 4.77. The molecule has 10 heavy (non-hydrogen) atoms. The van der Waals surface area contributed by atoms with Gasteiger partial charge >= 0.3 is 0 Å². The van der Waals surface area contributed by atoms with Gasteiger partial charge in [0.2, 0.25) is 0 Å². The minimum Gasteiger partial charge on any atom is -0.314 e. The largest absolute Gasteiger partial charge is 0.314 e. The lowest BCUT2D eigenvalue weighted by molar-refractivity contribution is 0.183. The van der Waals surface area contributed by atoms with E-state index < -0.39 is 6.17 Å². The molecule has 60 valence electrons. The first-order chi connectivity index (χ1) is 4.70. The maximum Gasteiger partial charge on any atom is 0.113 e. The Kier molecular flexibility index (Phi) is 2.66. The molecule has 0 aromatic carbocycles. The van der Waals surface area contributed by atoms with E-state index in [1.165, 1.54) is 0 Å². The van der Waals surface area contributed by atoms with Crippen LogP contribution < -0.4 is 5.32 Å². The molecule has 1 aliphatic rings. The fourth-order valence-electron chi connectivity index (χ4n) is 1.43. The van der Waals surface area contributed by atoms with Crippen molar-refractivity contribution in [3.8, 4) is 0 Å². The third-order valence-electron chi connectivity index (χ3n) is 2.27. The van der Waals surface area contributed by atoms with Crippen molar-refractivity contribution in [3.05, 3.63) is 0 Å². The Balaban J connectivity index is 2.32. The first-order valence-electron chi connectivity index (χ1n) is 4.05. The Bertz CT molecular complexity index is 103. The molecule has 1 heterocycles. The molecule has 1 aliphatic heterocycles. The number of hydrogen-bond acceptors (Lipinski definition) is 1. The van der Waals surface area contributed by atoms with E-state index in [4.69, 9.17) is 0 Å². The van der Waals surface area contributed by atoms with Gasteiger partial charge in [0.25, 0.3) is 0 Å². The van der Waals surface area contributed by atoms with Crippen LogP contribution in [0.2, 0.25) is 0 Å². The first-order valence-corrected chi connectivity index (χ1v) is 4.05. The maximum atomic E-state index is 12.7. The van der Waals surface area contributed by atoms with Crippen LogP contribution in [-0.4, -0.2) is 19.3 Å². The van der Waals surface area contributed by atoms with Gasteiger partial charge in [-0.15, -0.1) is 0 Å². The predicted octanol–water partition coefficient (Wildman–Crippen LogP) is 1.59. The van der Waals surface area contributed by atoms with E-state index in [0.717, 1.165) is 13.0 Å². The average Bonchev–Trinajstić information content (AvgIpc) is 1.88. The molecule has 1 rings (SSSR count). The summed E-state index contributed by atoms with van der Waals surface area (Å²) in [5, 5.41) is 3.09. The molecule has 0 saturated carbocycles. The van der Waals surface area contributed by atoms with Crippen LogP contribution >= 0.6 is 0 Å². The third kappa shape index (κ3) is 1.94. The zero-order chi connectivity index (χ0) is 7.56. The number of piperidine rings is 1. The number of rotatable bonds is 1. The van der Waals surface area contributed by atoms with Crippen LogP contribution in [0.5, 0.6) is 0 Å². The number of nitrogens with one attached hydrogen (secondary N) is 1. The fourth-order valence-corrected chi connectivity index (χ4v) is 1.43. The topological polar surface area (TPSA) is 12.0 Å². The van der Waals surface area contributed by atoms with Gasteiger partial charge in [-0.1, -0.05) is 13.8 Å². The molecule has 0 aliphatic carbocycles. The standard InChI is InChI=1S/C8H16FN/c1-6(2)7-3-8(9)5-10-4-7/h6-8,10H,3-5H2,1-2H3/t7-,8-/m0/s1. The smallest absolute Gasteiger partial charge is 0.113 e. The quantitative estimate of drug-likeness (QED) is 0.591. The lowest BCUT2D eigenvalue weighted by atomic mass is 9.88. The summed E-state index contributed by atoms with van der Waals surface area (Å²) >= 11 is 0. The molecular formula is C8H16FN. The summed E-state index contributed by atoms with van der Waals surface area (Å²) in [4.78, 5) is 0. The van der Waals surface area contributed by atoms with Gasteiger partial charge in [0, 0.05) is 6.54 Å². The van der Waals surface area contributed by atoms with Crippen molar-refractivity contribution in [1.29, 1.82) is 0 Å². The zero-order valence-corrected chi connectivity index (χ0v) is 6.73. The van der Waals surface area contributed by atoms with E-state index in [0.29, 0.717) is 18.4 Å². The van der Waals surface area contributed by atoms with Crippen molar-refractivity contribution in [2.45, 2.75) is 26.4 Å². The minimum atomic E-state index is -0.610. The molecule has 0 bridgehead atoms. The lowest BCUT2D eigenvalue weighted by Gasteiger charge is -2.28. The summed E-state index contributed by atoms with van der Waals surface area (Å²) in [7, 11) is 0. The summed E-state index contributed by atoms with van der Waals surface area (Å²) in [6, 6.07) is 0. The summed E-state index contributed by atoms with van der Waals surface area (Å²) < 4.78 is 12.7. The molecule has 0 aromatic rings. The second kappa shape index (κ2) is 3.33. The molecule has 2 heteroatoms. The molecule has 1 fully saturated rings. The zero-order valence-electron chi connectivity index (χ0n) is 6.73. The van der Waals surface area contributed by atoms with E-state index in [1.807, 2.05) is 0 Å². The van der Waals surface area contributed by atoms with Crippen molar-refractivity contribution < 1.29 is 4.39 Å².